The fraction of sp³-hybridized carbons (Fsp3) is 0.143. The Kier molecular flexibility index (Phi) is 20.1. The largest absolute Gasteiger partial charge is 1.00 e. The van der Waals surface area contributed by atoms with Crippen LogP contribution in [0.4, 0.5) is 0 Å². The van der Waals surface area contributed by atoms with E-state index in [9.17, 15) is 4.57 Å². The summed E-state index contributed by atoms with van der Waals surface area (Å²) in [5, 5.41) is 0. The Morgan fingerprint density at radius 3 is 1.00 bits per heavy atom. The molecule has 0 fully saturated rings. The molecule has 13 heteroatoms. The van der Waals surface area contributed by atoms with E-state index in [1.165, 1.54) is 0 Å². The molecule has 0 heterocycles. The van der Waals surface area contributed by atoms with Crippen LogP contribution in [0.3, 0.4) is 0 Å². The Bertz CT molecular complexity index is 1010. The number of phosphoric acid groups is 2. The average Bonchev–Trinajstić information content (AvgIpc) is 2.66. The molecule has 0 atom stereocenters. The smallest absolute Gasteiger partial charge is 1.00 e. The van der Waals surface area contributed by atoms with Crippen LogP contribution in [-0.4, -0.2) is 14.7 Å². The van der Waals surface area contributed by atoms with Crippen molar-refractivity contribution >= 4 is 15.6 Å². The third kappa shape index (κ3) is 14.6. The zero-order valence-corrected chi connectivity index (χ0v) is 30.2. The minimum Gasteiger partial charge on any atom is -1.00 e. The summed E-state index contributed by atoms with van der Waals surface area (Å²) in [6.07, 6.45) is 0. The molecule has 0 unspecified atom stereocenters. The van der Waals surface area contributed by atoms with Crippen LogP contribution in [0.2, 0.25) is 0 Å². The van der Waals surface area contributed by atoms with Gasteiger partial charge in [0.1, 0.15) is 17.2 Å². The third-order valence-corrected chi connectivity index (χ3v) is 5.17. The van der Waals surface area contributed by atoms with Gasteiger partial charge in [-0.2, -0.15) is 4.57 Å². The van der Waals surface area contributed by atoms with E-state index >= 15 is 0 Å². The molecule has 34 heavy (non-hydrogen) atoms. The summed E-state index contributed by atoms with van der Waals surface area (Å²) in [6, 6.07) is 22.0. The Balaban J connectivity index is -0.000000285. The van der Waals surface area contributed by atoms with Crippen LogP contribution in [0.15, 0.2) is 72.8 Å². The number of hydrogen-bond donors (Lipinski definition) is 3. The van der Waals surface area contributed by atoms with Crippen molar-refractivity contribution < 1.29 is 174 Å². The summed E-state index contributed by atoms with van der Waals surface area (Å²) < 4.78 is 39.7. The van der Waals surface area contributed by atoms with E-state index in [4.69, 9.17) is 32.8 Å². The summed E-state index contributed by atoms with van der Waals surface area (Å²) in [4.78, 5) is 21.6. The van der Waals surface area contributed by atoms with Gasteiger partial charge in [-0.1, -0.05) is 54.6 Å². The zero-order valence-electron chi connectivity index (χ0n) is 23.2. The number of para-hydroxylation sites is 3. The minimum absolute atomic E-state index is 0. The molecule has 0 spiro atoms. The van der Waals surface area contributed by atoms with Crippen molar-refractivity contribution in [3.05, 3.63) is 89.5 Å². The normalized spacial score (nSPS) is 10.2. The van der Waals surface area contributed by atoms with Crippen LogP contribution >= 0.6 is 15.6 Å². The summed E-state index contributed by atoms with van der Waals surface area (Å²) in [7, 11) is -8.60. The molecular weight excluding hydrogens is 543 g/mol. The van der Waals surface area contributed by atoms with E-state index in [1.807, 2.05) is 75.4 Å². The fourth-order valence-electron chi connectivity index (χ4n) is 2.39. The van der Waals surface area contributed by atoms with E-state index in [0.717, 1.165) is 16.7 Å². The van der Waals surface area contributed by atoms with Crippen molar-refractivity contribution in [2.24, 2.45) is 0 Å². The van der Waals surface area contributed by atoms with E-state index < -0.39 is 15.6 Å². The molecule has 0 saturated carbocycles. The van der Waals surface area contributed by atoms with Gasteiger partial charge in [0, 0.05) is 0 Å². The Morgan fingerprint density at radius 2 is 0.794 bits per heavy atom. The van der Waals surface area contributed by atoms with Crippen LogP contribution in [0, 0.1) is 20.8 Å². The number of hydrogen-bond acceptors (Lipinski definition) is 5. The van der Waals surface area contributed by atoms with Gasteiger partial charge in [-0.15, -0.1) is 0 Å². The predicted octanol–water partition coefficient (Wildman–Crippen LogP) is -3.32. The molecule has 8 nitrogen and oxygen atoms in total. The van der Waals surface area contributed by atoms with Crippen molar-refractivity contribution in [1.82, 2.24) is 0 Å². The van der Waals surface area contributed by atoms with E-state index in [0.29, 0.717) is 17.2 Å². The Morgan fingerprint density at radius 1 is 0.588 bits per heavy atom. The van der Waals surface area contributed by atoms with Crippen molar-refractivity contribution in [3.63, 3.8) is 0 Å². The molecule has 0 aliphatic heterocycles. The van der Waals surface area contributed by atoms with Gasteiger partial charge in [0.25, 0.3) is 0 Å². The monoisotopic (exact) mass is 570 g/mol. The topological polar surface area (TPSA) is 123 Å². The van der Waals surface area contributed by atoms with Crippen LogP contribution in [0.5, 0.6) is 17.2 Å². The van der Waals surface area contributed by atoms with Crippen molar-refractivity contribution in [1.29, 1.82) is 0 Å². The minimum atomic E-state index is -4.64. The van der Waals surface area contributed by atoms with Gasteiger partial charge in [0.15, 0.2) is 0 Å². The van der Waals surface area contributed by atoms with E-state index in [-0.39, 0.29) is 137 Å². The summed E-state index contributed by atoms with van der Waals surface area (Å²) >= 11 is 0. The first-order valence-corrected chi connectivity index (χ1v) is 12.1. The first kappa shape index (κ1) is 37.8. The number of phosphoric ester groups is 1. The maximum absolute atomic E-state index is 13.5. The molecule has 0 saturated heterocycles. The summed E-state index contributed by atoms with van der Waals surface area (Å²) in [5.41, 5.74) is 2.53. The van der Waals surface area contributed by atoms with Crippen molar-refractivity contribution in [2.75, 3.05) is 0 Å². The summed E-state index contributed by atoms with van der Waals surface area (Å²) in [6.45, 7) is 5.63. The molecule has 0 radical (unpaired) electrons. The van der Waals surface area contributed by atoms with Gasteiger partial charge < -0.3 is 32.5 Å². The second kappa shape index (κ2) is 18.0. The van der Waals surface area contributed by atoms with Gasteiger partial charge in [0.05, 0.1) is 0 Å². The zero-order chi connectivity index (χ0) is 23.1. The van der Waals surface area contributed by atoms with Gasteiger partial charge in [-0.25, -0.2) is 4.57 Å². The Hall–Kier alpha value is 1.67. The summed E-state index contributed by atoms with van der Waals surface area (Å²) in [5.74, 6) is 1.37. The first-order chi connectivity index (χ1) is 14.5. The number of benzene rings is 3. The van der Waals surface area contributed by atoms with E-state index in [2.05, 4.69) is 0 Å². The fourth-order valence-corrected chi connectivity index (χ4v) is 3.84. The Labute approximate surface area is 311 Å². The standard InChI is InChI=1S/C21H21O4P.2K.Na.H3O4P.3H/c1-16-10-4-7-13-19(16)23-26(22,24-20-14-8-5-11-17(20)2)25-21-15-9-6-12-18(21)3;;;;1-5(2,3)4;;;/h4-15H,1-3H3;;;;(H3,1,2,3,4);;;/q;3*+1;;3*-1. The second-order valence-corrected chi connectivity index (χ2v) is 9.00. The molecule has 3 rings (SSSR count). The van der Waals surface area contributed by atoms with Gasteiger partial charge in [0.2, 0.25) is 0 Å². The molecule has 3 aromatic rings. The van der Waals surface area contributed by atoms with Crippen LogP contribution in [-0.2, 0) is 9.13 Å². The molecular formula is C21H27K2NaO8P2. The SMILES string of the molecule is Cc1ccccc1OP(=O)(Oc1ccccc1C)Oc1ccccc1C.O=P(O)(O)O.[H-].[H-].[H-].[K+].[K+].[Na+]. The molecule has 3 N–H and O–H groups in total. The third-order valence-electron chi connectivity index (χ3n) is 3.91. The van der Waals surface area contributed by atoms with Crippen molar-refractivity contribution in [2.45, 2.75) is 20.8 Å². The van der Waals surface area contributed by atoms with Gasteiger partial charge >= 0.3 is 148 Å². The van der Waals surface area contributed by atoms with Crippen LogP contribution in [0.1, 0.15) is 21.0 Å². The average molecular weight is 571 g/mol. The first-order valence-electron chi connectivity index (χ1n) is 9.11. The number of aryl methyl sites for hydroxylation is 3. The van der Waals surface area contributed by atoms with Gasteiger partial charge in [-0.05, 0) is 55.7 Å². The number of rotatable bonds is 6. The predicted molar refractivity (Wildman–Crippen MR) is 121 cm³/mol. The molecule has 0 aliphatic rings. The molecule has 0 bridgehead atoms. The van der Waals surface area contributed by atoms with Crippen LogP contribution in [0.25, 0.3) is 0 Å². The van der Waals surface area contributed by atoms with Crippen LogP contribution < -0.4 is 146 Å². The van der Waals surface area contributed by atoms with Gasteiger partial charge in [-0.3, -0.25) is 0 Å². The maximum atomic E-state index is 13.5. The molecule has 0 aromatic heterocycles. The maximum Gasteiger partial charge on any atom is 1.00 e. The molecule has 0 aliphatic carbocycles. The molecule has 172 valence electrons. The van der Waals surface area contributed by atoms with Crippen molar-refractivity contribution in [3.8, 4) is 17.2 Å². The molecule has 3 aromatic carbocycles. The quantitative estimate of drug-likeness (QED) is 0.208. The van der Waals surface area contributed by atoms with E-state index in [1.54, 1.807) is 18.2 Å². The second-order valence-electron chi connectivity index (χ2n) is 6.53. The molecule has 0 amide bonds.